The highest BCUT2D eigenvalue weighted by Gasteiger charge is 2.18. The van der Waals surface area contributed by atoms with Crippen LogP contribution in [0.4, 0.5) is 8.78 Å². The average Bonchev–Trinajstić information content (AvgIpc) is 2.46. The highest BCUT2D eigenvalue weighted by molar-refractivity contribution is 9.10. The maximum atomic E-state index is 12.3. The van der Waals surface area contributed by atoms with E-state index in [1.54, 1.807) is 0 Å². The van der Waals surface area contributed by atoms with Crippen molar-refractivity contribution in [2.45, 2.75) is 19.9 Å². The van der Waals surface area contributed by atoms with Crippen LogP contribution in [0, 0.1) is 5.92 Å². The molecule has 1 rings (SSSR count). The van der Waals surface area contributed by atoms with Gasteiger partial charge >= 0.3 is 5.97 Å². The summed E-state index contributed by atoms with van der Waals surface area (Å²) >= 11 is 2.93. The predicted octanol–water partition coefficient (Wildman–Crippen LogP) is 2.30. The topological polar surface area (TPSA) is 55.1 Å². The van der Waals surface area contributed by atoms with E-state index in [9.17, 15) is 13.6 Å². The lowest BCUT2D eigenvalue weighted by atomic mass is 10.2. The van der Waals surface area contributed by atoms with Crippen LogP contribution in [0.25, 0.3) is 0 Å². The summed E-state index contributed by atoms with van der Waals surface area (Å²) in [5.41, 5.74) is -0.368. The molecule has 1 aromatic rings. The summed E-state index contributed by atoms with van der Waals surface area (Å²) in [5.74, 6) is -1.65. The van der Waals surface area contributed by atoms with E-state index in [-0.39, 0.29) is 16.7 Å². The number of hydrogen-bond donors (Lipinski definition) is 1. The Morgan fingerprint density at radius 3 is 2.73 bits per heavy atom. The number of carbonyl (C=O) groups is 1. The lowest BCUT2D eigenvalue weighted by molar-refractivity contribution is -0.141. The van der Waals surface area contributed by atoms with Crippen molar-refractivity contribution in [2.24, 2.45) is 5.92 Å². The normalized spacial score (nSPS) is 13.1. The number of aliphatic carboxylic acids is 1. The summed E-state index contributed by atoms with van der Waals surface area (Å²) in [4.78, 5) is 10.5. The zero-order valence-electron chi connectivity index (χ0n) is 7.82. The molecule has 15 heavy (non-hydrogen) atoms. The lowest BCUT2D eigenvalue weighted by Crippen LogP contribution is -2.17. The molecule has 1 N–H and O–H groups in total. The molecule has 1 atom stereocenters. The van der Waals surface area contributed by atoms with Crippen molar-refractivity contribution < 1.29 is 18.7 Å². The Labute approximate surface area is 93.0 Å². The summed E-state index contributed by atoms with van der Waals surface area (Å²) < 4.78 is 26.0. The number of carboxylic acid groups (broad SMARTS) is 1. The molecular weight excluding hydrogens is 274 g/mol. The number of halogens is 3. The largest absolute Gasteiger partial charge is 0.481 e. The summed E-state index contributed by atoms with van der Waals surface area (Å²) in [6, 6.07) is 0. The smallest absolute Gasteiger partial charge is 0.308 e. The van der Waals surface area contributed by atoms with Crippen molar-refractivity contribution in [3.8, 4) is 0 Å². The maximum Gasteiger partial charge on any atom is 0.308 e. The number of carboxylic acids is 1. The first-order valence-electron chi connectivity index (χ1n) is 4.15. The van der Waals surface area contributed by atoms with Crippen LogP contribution in [0.3, 0.4) is 0 Å². The van der Waals surface area contributed by atoms with Gasteiger partial charge in [0.1, 0.15) is 5.69 Å². The Hall–Kier alpha value is -0.980. The summed E-state index contributed by atoms with van der Waals surface area (Å²) in [6.07, 6.45) is -1.32. The minimum atomic E-state index is -2.67. The van der Waals surface area contributed by atoms with Crippen molar-refractivity contribution in [3.05, 3.63) is 16.4 Å². The molecule has 0 radical (unpaired) electrons. The molecule has 0 bridgehead atoms. The van der Waals surface area contributed by atoms with E-state index in [1.165, 1.54) is 17.8 Å². The molecule has 84 valence electrons. The van der Waals surface area contributed by atoms with Gasteiger partial charge in [-0.1, -0.05) is 6.92 Å². The second kappa shape index (κ2) is 4.69. The molecule has 0 aromatic carbocycles. The van der Waals surface area contributed by atoms with E-state index in [2.05, 4.69) is 21.0 Å². The van der Waals surface area contributed by atoms with Crippen molar-refractivity contribution in [3.63, 3.8) is 0 Å². The van der Waals surface area contributed by atoms with Gasteiger partial charge < -0.3 is 5.11 Å². The van der Waals surface area contributed by atoms with Crippen LogP contribution in [0.2, 0.25) is 0 Å². The monoisotopic (exact) mass is 282 g/mol. The van der Waals surface area contributed by atoms with Gasteiger partial charge in [0.2, 0.25) is 0 Å². The Morgan fingerprint density at radius 2 is 2.33 bits per heavy atom. The first kappa shape index (κ1) is 12.1. The van der Waals surface area contributed by atoms with Crippen LogP contribution in [0.1, 0.15) is 19.0 Å². The third kappa shape index (κ3) is 2.98. The quantitative estimate of drug-likeness (QED) is 0.922. The molecule has 0 fully saturated rings. The van der Waals surface area contributed by atoms with Crippen molar-refractivity contribution in [1.29, 1.82) is 0 Å². The van der Waals surface area contributed by atoms with E-state index in [0.29, 0.717) is 0 Å². The van der Waals surface area contributed by atoms with E-state index in [0.717, 1.165) is 0 Å². The third-order valence-corrected chi connectivity index (χ3v) is 2.44. The Bertz CT molecular complexity index is 368. The molecule has 0 aliphatic heterocycles. The molecule has 4 nitrogen and oxygen atoms in total. The van der Waals surface area contributed by atoms with E-state index in [4.69, 9.17) is 5.11 Å². The molecule has 0 saturated carbocycles. The summed E-state index contributed by atoms with van der Waals surface area (Å²) in [7, 11) is 0. The average molecular weight is 283 g/mol. The first-order chi connectivity index (χ1) is 6.91. The van der Waals surface area contributed by atoms with Gasteiger partial charge in [0.05, 0.1) is 16.9 Å². The second-order valence-electron chi connectivity index (χ2n) is 3.12. The van der Waals surface area contributed by atoms with Crippen LogP contribution in [0.15, 0.2) is 10.7 Å². The van der Waals surface area contributed by atoms with Crippen LogP contribution in [0.5, 0.6) is 0 Å². The maximum absolute atomic E-state index is 12.3. The van der Waals surface area contributed by atoms with E-state index in [1.807, 2.05) is 0 Å². The van der Waals surface area contributed by atoms with Crippen LogP contribution in [-0.2, 0) is 11.3 Å². The standard InChI is InChI=1S/C8H9BrF2N2O2/c1-4(8(14)15)2-13-3-5(9)6(12-13)7(10)11/h3-4,7H,2H2,1H3,(H,14,15)/t4-/m1/s1. The molecule has 0 unspecified atom stereocenters. The van der Waals surface area contributed by atoms with Crippen LogP contribution >= 0.6 is 15.9 Å². The van der Waals surface area contributed by atoms with Gasteiger partial charge in [-0.2, -0.15) is 5.10 Å². The second-order valence-corrected chi connectivity index (χ2v) is 3.98. The third-order valence-electron chi connectivity index (χ3n) is 1.83. The number of alkyl halides is 2. The van der Waals surface area contributed by atoms with Crippen molar-refractivity contribution in [1.82, 2.24) is 9.78 Å². The Morgan fingerprint density at radius 1 is 1.73 bits per heavy atom. The fourth-order valence-corrected chi connectivity index (χ4v) is 1.50. The zero-order valence-corrected chi connectivity index (χ0v) is 9.41. The molecular formula is C8H9BrF2N2O2. The molecule has 1 heterocycles. The van der Waals surface area contributed by atoms with Gasteiger partial charge in [-0.3, -0.25) is 9.48 Å². The number of aromatic nitrogens is 2. The highest BCUT2D eigenvalue weighted by atomic mass is 79.9. The first-order valence-corrected chi connectivity index (χ1v) is 4.95. The summed E-state index contributed by atoms with van der Waals surface area (Å²) in [5, 5.41) is 12.2. The lowest BCUT2D eigenvalue weighted by Gasteiger charge is -2.05. The van der Waals surface area contributed by atoms with Crippen LogP contribution in [-0.4, -0.2) is 20.9 Å². The van der Waals surface area contributed by atoms with Gasteiger partial charge in [0.25, 0.3) is 6.43 Å². The molecule has 1 aromatic heterocycles. The van der Waals surface area contributed by atoms with Gasteiger partial charge in [-0.15, -0.1) is 0 Å². The van der Waals surface area contributed by atoms with E-state index >= 15 is 0 Å². The van der Waals surface area contributed by atoms with Gasteiger partial charge in [0, 0.05) is 6.20 Å². The number of nitrogens with zero attached hydrogens (tertiary/aromatic N) is 2. The van der Waals surface area contributed by atoms with Crippen molar-refractivity contribution in [2.75, 3.05) is 0 Å². The van der Waals surface area contributed by atoms with Gasteiger partial charge in [-0.25, -0.2) is 8.78 Å². The van der Waals surface area contributed by atoms with Gasteiger partial charge in [0.15, 0.2) is 0 Å². The van der Waals surface area contributed by atoms with E-state index < -0.39 is 18.3 Å². The molecule has 7 heteroatoms. The minimum absolute atomic E-state index is 0.0701. The molecule has 0 amide bonds. The molecule has 0 aliphatic carbocycles. The fraction of sp³-hybridized carbons (Fsp3) is 0.500. The molecule has 0 spiro atoms. The zero-order chi connectivity index (χ0) is 11.6. The SMILES string of the molecule is C[C@H](Cn1cc(Br)c(C(F)F)n1)C(=O)O. The highest BCUT2D eigenvalue weighted by Crippen LogP contribution is 2.25. The number of rotatable bonds is 4. The molecule has 0 saturated heterocycles. The minimum Gasteiger partial charge on any atom is -0.481 e. The Balaban J connectivity index is 2.79. The van der Waals surface area contributed by atoms with Crippen LogP contribution < -0.4 is 0 Å². The Kier molecular flexibility index (Phi) is 3.78. The summed E-state index contributed by atoms with van der Waals surface area (Å²) in [6.45, 7) is 1.56. The predicted molar refractivity (Wildman–Crippen MR) is 51.7 cm³/mol. The van der Waals surface area contributed by atoms with Crippen molar-refractivity contribution >= 4 is 21.9 Å². The molecule has 0 aliphatic rings. The number of hydrogen-bond acceptors (Lipinski definition) is 2. The fourth-order valence-electron chi connectivity index (χ4n) is 1.01. The van der Waals surface area contributed by atoms with Gasteiger partial charge in [-0.05, 0) is 15.9 Å².